The molecule has 1 N–H and O–H groups in total. The van der Waals surface area contributed by atoms with Crippen LogP contribution in [-0.2, 0) is 0 Å². The number of aromatic nitrogens is 2. The van der Waals surface area contributed by atoms with Crippen LogP contribution in [0, 0.1) is 0 Å². The minimum absolute atomic E-state index is 0.871. The number of benzene rings is 2. The number of rotatable bonds is 2. The van der Waals surface area contributed by atoms with Gasteiger partial charge in [-0.25, -0.2) is 4.98 Å². The lowest BCUT2D eigenvalue weighted by Crippen LogP contribution is -1.82. The third-order valence-corrected chi connectivity index (χ3v) is 3.79. The summed E-state index contributed by atoms with van der Waals surface area (Å²) in [5.74, 6) is 0.871. The van der Waals surface area contributed by atoms with Crippen molar-refractivity contribution >= 4 is 21.9 Å². The first-order chi connectivity index (χ1) is 10.3. The number of nitrogens with one attached hydrogen (secondary N) is 1. The van der Waals surface area contributed by atoms with Crippen LogP contribution in [0.15, 0.2) is 60.8 Å². The van der Waals surface area contributed by atoms with E-state index in [0.29, 0.717) is 0 Å². The Labute approximate surface area is 122 Å². The number of methoxy groups -OCH3 is 1. The van der Waals surface area contributed by atoms with E-state index in [1.165, 1.54) is 16.5 Å². The van der Waals surface area contributed by atoms with Crippen molar-refractivity contribution < 1.29 is 4.74 Å². The second-order valence-corrected chi connectivity index (χ2v) is 5.01. The predicted octanol–water partition coefficient (Wildman–Crippen LogP) is 4.39. The van der Waals surface area contributed by atoms with E-state index >= 15 is 0 Å². The molecule has 0 spiro atoms. The summed E-state index contributed by atoms with van der Waals surface area (Å²) in [5.41, 5.74) is 4.41. The van der Waals surface area contributed by atoms with Crippen LogP contribution in [0.1, 0.15) is 0 Å². The third kappa shape index (κ3) is 1.94. The summed E-state index contributed by atoms with van der Waals surface area (Å²) >= 11 is 0. The fourth-order valence-corrected chi connectivity index (χ4v) is 2.69. The van der Waals surface area contributed by atoms with Crippen molar-refractivity contribution in [3.05, 3.63) is 60.8 Å². The van der Waals surface area contributed by atoms with Crippen LogP contribution in [0.25, 0.3) is 33.1 Å². The molecule has 2 aromatic carbocycles. The van der Waals surface area contributed by atoms with Crippen LogP contribution in [-0.4, -0.2) is 17.1 Å². The van der Waals surface area contributed by atoms with Crippen molar-refractivity contribution in [2.24, 2.45) is 0 Å². The maximum atomic E-state index is 5.21. The maximum absolute atomic E-state index is 5.21. The van der Waals surface area contributed by atoms with Crippen LogP contribution in [0.3, 0.4) is 0 Å². The number of aromatic amines is 1. The fraction of sp³-hybridized carbons (Fsp3) is 0.0556. The number of hydrogen-bond acceptors (Lipinski definition) is 2. The van der Waals surface area contributed by atoms with Gasteiger partial charge in [-0.1, -0.05) is 18.2 Å². The molecule has 0 saturated heterocycles. The summed E-state index contributed by atoms with van der Waals surface area (Å²) in [6, 6.07) is 18.6. The molecule has 21 heavy (non-hydrogen) atoms. The zero-order valence-corrected chi connectivity index (χ0v) is 11.6. The summed E-state index contributed by atoms with van der Waals surface area (Å²) < 4.78 is 5.21. The summed E-state index contributed by atoms with van der Waals surface area (Å²) in [4.78, 5) is 7.72. The van der Waals surface area contributed by atoms with Crippen LogP contribution in [0.4, 0.5) is 0 Å². The van der Waals surface area contributed by atoms with E-state index in [1.807, 2.05) is 24.4 Å². The van der Waals surface area contributed by atoms with Crippen molar-refractivity contribution in [3.8, 4) is 16.9 Å². The minimum Gasteiger partial charge on any atom is -0.497 e. The Kier molecular flexibility index (Phi) is 2.64. The molecule has 4 rings (SSSR count). The van der Waals surface area contributed by atoms with Gasteiger partial charge in [0.05, 0.1) is 7.11 Å². The molecule has 0 radical (unpaired) electrons. The molecule has 0 bridgehead atoms. The van der Waals surface area contributed by atoms with Gasteiger partial charge in [0.15, 0.2) is 0 Å². The molecule has 4 aromatic rings. The molecular weight excluding hydrogens is 260 g/mol. The number of H-pyrrole nitrogens is 1. The summed E-state index contributed by atoms with van der Waals surface area (Å²) in [5, 5.41) is 2.36. The quantitative estimate of drug-likeness (QED) is 0.588. The number of fused-ring (bicyclic) bond motifs is 3. The first-order valence-corrected chi connectivity index (χ1v) is 6.86. The van der Waals surface area contributed by atoms with Gasteiger partial charge in [0.1, 0.15) is 11.4 Å². The molecule has 3 nitrogen and oxygen atoms in total. The molecule has 0 fully saturated rings. The first kappa shape index (κ1) is 12.0. The van der Waals surface area contributed by atoms with E-state index in [4.69, 9.17) is 4.74 Å². The molecule has 102 valence electrons. The molecule has 2 heterocycles. The lowest BCUT2D eigenvalue weighted by molar-refractivity contribution is 0.415. The van der Waals surface area contributed by atoms with Crippen molar-refractivity contribution in [3.63, 3.8) is 0 Å². The molecule has 3 heteroatoms. The summed E-state index contributed by atoms with van der Waals surface area (Å²) in [6.07, 6.45) is 1.81. The van der Waals surface area contributed by atoms with Crippen LogP contribution in [0.5, 0.6) is 5.75 Å². The zero-order chi connectivity index (χ0) is 14.2. The number of pyridine rings is 1. The van der Waals surface area contributed by atoms with E-state index in [0.717, 1.165) is 22.3 Å². The SMILES string of the molecule is COc1ccc(-c2ccc3[nH]c4ncccc4c3c2)cc1. The van der Waals surface area contributed by atoms with E-state index in [2.05, 4.69) is 46.4 Å². The highest BCUT2D eigenvalue weighted by molar-refractivity contribution is 6.07. The fourth-order valence-electron chi connectivity index (χ4n) is 2.69. The lowest BCUT2D eigenvalue weighted by Gasteiger charge is -2.04. The molecule has 0 aliphatic carbocycles. The van der Waals surface area contributed by atoms with Gasteiger partial charge in [-0.05, 0) is 47.5 Å². The highest BCUT2D eigenvalue weighted by atomic mass is 16.5. The van der Waals surface area contributed by atoms with Gasteiger partial charge in [0.2, 0.25) is 0 Å². The monoisotopic (exact) mass is 274 g/mol. The highest BCUT2D eigenvalue weighted by Crippen LogP contribution is 2.29. The van der Waals surface area contributed by atoms with Crippen molar-refractivity contribution in [2.45, 2.75) is 0 Å². The van der Waals surface area contributed by atoms with E-state index in [9.17, 15) is 0 Å². The molecule has 0 aliphatic rings. The maximum Gasteiger partial charge on any atom is 0.138 e. The Morgan fingerprint density at radius 2 is 1.71 bits per heavy atom. The smallest absolute Gasteiger partial charge is 0.138 e. The lowest BCUT2D eigenvalue weighted by atomic mass is 10.0. The molecule has 0 atom stereocenters. The number of ether oxygens (including phenoxy) is 1. The molecule has 0 unspecified atom stereocenters. The van der Waals surface area contributed by atoms with E-state index < -0.39 is 0 Å². The van der Waals surface area contributed by atoms with Crippen molar-refractivity contribution in [1.82, 2.24) is 9.97 Å². The largest absolute Gasteiger partial charge is 0.497 e. The van der Waals surface area contributed by atoms with Crippen LogP contribution in [0.2, 0.25) is 0 Å². The number of nitrogens with zero attached hydrogens (tertiary/aromatic N) is 1. The second kappa shape index (κ2) is 4.63. The topological polar surface area (TPSA) is 37.9 Å². The van der Waals surface area contributed by atoms with Gasteiger partial charge in [0.25, 0.3) is 0 Å². The zero-order valence-electron chi connectivity index (χ0n) is 11.6. The van der Waals surface area contributed by atoms with Gasteiger partial charge in [-0.3, -0.25) is 0 Å². The van der Waals surface area contributed by atoms with Gasteiger partial charge in [-0.2, -0.15) is 0 Å². The summed E-state index contributed by atoms with van der Waals surface area (Å²) in [7, 11) is 1.68. The summed E-state index contributed by atoms with van der Waals surface area (Å²) in [6.45, 7) is 0. The van der Waals surface area contributed by atoms with Gasteiger partial charge in [0, 0.05) is 22.5 Å². The first-order valence-electron chi connectivity index (χ1n) is 6.86. The Hall–Kier alpha value is -2.81. The van der Waals surface area contributed by atoms with E-state index in [-0.39, 0.29) is 0 Å². The Balaban J connectivity index is 1.90. The molecule has 0 aliphatic heterocycles. The molecule has 2 aromatic heterocycles. The minimum atomic E-state index is 0.871. The molecule has 0 saturated carbocycles. The van der Waals surface area contributed by atoms with Gasteiger partial charge in [-0.15, -0.1) is 0 Å². The normalized spacial score (nSPS) is 11.1. The van der Waals surface area contributed by atoms with Crippen LogP contribution < -0.4 is 4.74 Å². The standard InChI is InChI=1S/C18H14N2O/c1-21-14-7-4-12(5-8-14)13-6-9-17-16(11-13)15-3-2-10-19-18(15)20-17/h2-11H,1H3,(H,19,20). The average molecular weight is 274 g/mol. The van der Waals surface area contributed by atoms with Crippen LogP contribution >= 0.6 is 0 Å². The highest BCUT2D eigenvalue weighted by Gasteiger charge is 2.06. The van der Waals surface area contributed by atoms with Gasteiger partial charge >= 0.3 is 0 Å². The Morgan fingerprint density at radius 3 is 2.52 bits per heavy atom. The van der Waals surface area contributed by atoms with Crippen molar-refractivity contribution in [1.29, 1.82) is 0 Å². The predicted molar refractivity (Wildman–Crippen MR) is 85.6 cm³/mol. The molecular formula is C18H14N2O. The second-order valence-electron chi connectivity index (χ2n) is 5.01. The number of hydrogen-bond donors (Lipinski definition) is 1. The third-order valence-electron chi connectivity index (χ3n) is 3.79. The van der Waals surface area contributed by atoms with E-state index in [1.54, 1.807) is 7.11 Å². The Bertz CT molecular complexity index is 923. The molecule has 0 amide bonds. The average Bonchev–Trinajstić information content (AvgIpc) is 2.93. The van der Waals surface area contributed by atoms with Crippen molar-refractivity contribution in [2.75, 3.05) is 7.11 Å². The Morgan fingerprint density at radius 1 is 0.905 bits per heavy atom. The van der Waals surface area contributed by atoms with Gasteiger partial charge < -0.3 is 9.72 Å².